The summed E-state index contributed by atoms with van der Waals surface area (Å²) in [5.74, 6) is 2.38. The van der Waals surface area contributed by atoms with E-state index in [2.05, 4.69) is 69.3 Å². The Labute approximate surface area is 192 Å². The van der Waals surface area contributed by atoms with Crippen LogP contribution in [0.4, 0.5) is 0 Å². The highest BCUT2D eigenvalue weighted by molar-refractivity contribution is 5.30. The predicted molar refractivity (Wildman–Crippen MR) is 137 cm³/mol. The van der Waals surface area contributed by atoms with Crippen molar-refractivity contribution in [2.45, 2.75) is 116 Å². The van der Waals surface area contributed by atoms with E-state index in [1.54, 1.807) is 5.56 Å². The van der Waals surface area contributed by atoms with Crippen molar-refractivity contribution < 1.29 is 0 Å². The van der Waals surface area contributed by atoms with E-state index in [0.717, 1.165) is 18.3 Å². The van der Waals surface area contributed by atoms with E-state index in [1.165, 1.54) is 93.7 Å². The number of rotatable bonds is 12. The molecule has 1 saturated carbocycles. The third-order valence-electron chi connectivity index (χ3n) is 7.67. The molecule has 2 aromatic carbocycles. The summed E-state index contributed by atoms with van der Waals surface area (Å²) in [7, 11) is 0. The maximum Gasteiger partial charge on any atom is -0.0150 e. The summed E-state index contributed by atoms with van der Waals surface area (Å²) in [6.45, 7) is 6.96. The molecule has 2 aromatic rings. The maximum atomic E-state index is 2.43. The Kier molecular flexibility index (Phi) is 10.2. The molecule has 1 aliphatic carbocycles. The lowest BCUT2D eigenvalue weighted by Crippen LogP contribution is -2.13. The second-order valence-corrected chi connectivity index (χ2v) is 10.3. The molecule has 0 radical (unpaired) electrons. The molecule has 0 heterocycles. The molecule has 0 heteroatoms. The monoisotopic (exact) mass is 418 g/mol. The zero-order valence-electron chi connectivity index (χ0n) is 20.5. The van der Waals surface area contributed by atoms with E-state index < -0.39 is 0 Å². The summed E-state index contributed by atoms with van der Waals surface area (Å²) in [6, 6.07) is 19.1. The third kappa shape index (κ3) is 7.81. The maximum absolute atomic E-state index is 2.43. The van der Waals surface area contributed by atoms with Gasteiger partial charge in [0.15, 0.2) is 0 Å². The molecule has 1 atom stereocenters. The van der Waals surface area contributed by atoms with Gasteiger partial charge in [0.1, 0.15) is 0 Å². The van der Waals surface area contributed by atoms with Gasteiger partial charge in [-0.25, -0.2) is 0 Å². The Bertz CT molecular complexity index is 716. The summed E-state index contributed by atoms with van der Waals surface area (Å²) in [4.78, 5) is 0. The lowest BCUT2D eigenvalue weighted by molar-refractivity contribution is 0.303. The highest BCUT2D eigenvalue weighted by Crippen LogP contribution is 2.38. The first kappa shape index (κ1) is 24.1. The van der Waals surface area contributed by atoms with Crippen LogP contribution in [0.3, 0.4) is 0 Å². The van der Waals surface area contributed by atoms with E-state index in [9.17, 15) is 0 Å². The number of unbranched alkanes of at least 4 members (excludes halogenated alkanes) is 4. The van der Waals surface area contributed by atoms with Crippen molar-refractivity contribution in [2.75, 3.05) is 0 Å². The van der Waals surface area contributed by atoms with Crippen LogP contribution >= 0.6 is 0 Å². The minimum Gasteiger partial charge on any atom is -0.0654 e. The Morgan fingerprint density at radius 2 is 1.32 bits per heavy atom. The molecule has 31 heavy (non-hydrogen) atoms. The zero-order chi connectivity index (χ0) is 21.9. The largest absolute Gasteiger partial charge is 0.0654 e. The van der Waals surface area contributed by atoms with Gasteiger partial charge in [-0.05, 0) is 85.0 Å². The van der Waals surface area contributed by atoms with Gasteiger partial charge >= 0.3 is 0 Å². The van der Waals surface area contributed by atoms with Gasteiger partial charge in [0, 0.05) is 0 Å². The highest BCUT2D eigenvalue weighted by atomic mass is 14.3. The van der Waals surface area contributed by atoms with Crippen LogP contribution in [0.1, 0.15) is 125 Å². The second-order valence-electron chi connectivity index (χ2n) is 10.3. The average molecular weight is 419 g/mol. The summed E-state index contributed by atoms with van der Waals surface area (Å²) in [6.07, 6.45) is 17.7. The first-order valence-electron chi connectivity index (χ1n) is 13.4. The van der Waals surface area contributed by atoms with Gasteiger partial charge in [0.2, 0.25) is 0 Å². The lowest BCUT2D eigenvalue weighted by Gasteiger charge is -2.29. The van der Waals surface area contributed by atoms with Gasteiger partial charge in [0.05, 0.1) is 0 Å². The van der Waals surface area contributed by atoms with Gasteiger partial charge < -0.3 is 0 Å². The van der Waals surface area contributed by atoms with Crippen LogP contribution < -0.4 is 0 Å². The first-order valence-corrected chi connectivity index (χ1v) is 13.4. The molecule has 0 aromatic heterocycles. The number of hydrogen-bond donors (Lipinski definition) is 0. The van der Waals surface area contributed by atoms with Crippen LogP contribution in [0.25, 0.3) is 0 Å². The van der Waals surface area contributed by atoms with E-state index in [-0.39, 0.29) is 0 Å². The zero-order valence-corrected chi connectivity index (χ0v) is 20.5. The van der Waals surface area contributed by atoms with Crippen molar-refractivity contribution in [2.24, 2.45) is 5.92 Å². The molecule has 0 N–H and O–H groups in total. The smallest absolute Gasteiger partial charge is 0.0150 e. The van der Waals surface area contributed by atoms with Crippen LogP contribution in [0.5, 0.6) is 0 Å². The first-order chi connectivity index (χ1) is 15.2. The highest BCUT2D eigenvalue weighted by Gasteiger charge is 2.22. The number of benzene rings is 2. The minimum absolute atomic E-state index is 0.578. The second kappa shape index (κ2) is 13.1. The molecular formula is C31H46. The predicted octanol–water partition coefficient (Wildman–Crippen LogP) is 9.62. The molecule has 0 nitrogen and oxygen atoms in total. The van der Waals surface area contributed by atoms with Crippen molar-refractivity contribution in [3.63, 3.8) is 0 Å². The Balaban J connectivity index is 1.46. The molecule has 0 saturated heterocycles. The van der Waals surface area contributed by atoms with Gasteiger partial charge in [-0.15, -0.1) is 0 Å². The topological polar surface area (TPSA) is 0 Å². The van der Waals surface area contributed by atoms with E-state index >= 15 is 0 Å². The fourth-order valence-electron chi connectivity index (χ4n) is 5.46. The minimum atomic E-state index is 0.578. The van der Waals surface area contributed by atoms with Crippen molar-refractivity contribution in [1.82, 2.24) is 0 Å². The van der Waals surface area contributed by atoms with Crippen LogP contribution in [0.2, 0.25) is 0 Å². The van der Waals surface area contributed by atoms with Gasteiger partial charge in [-0.1, -0.05) is 108 Å². The van der Waals surface area contributed by atoms with E-state index in [1.807, 2.05) is 0 Å². The third-order valence-corrected chi connectivity index (χ3v) is 7.67. The SMILES string of the molecule is CCCCCc1ccc(C(C)Cc2ccc(C3CCC(CCCCC)CC3)cc2)cc1. The molecule has 0 aliphatic heterocycles. The number of hydrogen-bond acceptors (Lipinski definition) is 0. The van der Waals surface area contributed by atoms with Crippen molar-refractivity contribution in [3.05, 3.63) is 70.8 Å². The molecule has 170 valence electrons. The van der Waals surface area contributed by atoms with E-state index in [4.69, 9.17) is 0 Å². The van der Waals surface area contributed by atoms with Crippen molar-refractivity contribution in [3.8, 4) is 0 Å². The summed E-state index contributed by atoms with van der Waals surface area (Å²) >= 11 is 0. The summed E-state index contributed by atoms with van der Waals surface area (Å²) in [5, 5.41) is 0. The van der Waals surface area contributed by atoms with Crippen LogP contribution in [0.15, 0.2) is 48.5 Å². The van der Waals surface area contributed by atoms with Gasteiger partial charge in [-0.2, -0.15) is 0 Å². The molecule has 0 amide bonds. The average Bonchev–Trinajstić information content (AvgIpc) is 2.81. The van der Waals surface area contributed by atoms with Gasteiger partial charge in [-0.3, -0.25) is 0 Å². The van der Waals surface area contributed by atoms with Crippen LogP contribution in [-0.4, -0.2) is 0 Å². The van der Waals surface area contributed by atoms with Crippen LogP contribution in [0, 0.1) is 5.92 Å². The van der Waals surface area contributed by atoms with Gasteiger partial charge in [0.25, 0.3) is 0 Å². The summed E-state index contributed by atoms with van der Waals surface area (Å²) < 4.78 is 0. The normalized spacial score (nSPS) is 20.0. The fourth-order valence-corrected chi connectivity index (χ4v) is 5.46. The van der Waals surface area contributed by atoms with Crippen molar-refractivity contribution >= 4 is 0 Å². The molecule has 1 fully saturated rings. The molecular weight excluding hydrogens is 372 g/mol. The fraction of sp³-hybridized carbons (Fsp3) is 0.613. The molecule has 0 bridgehead atoms. The Morgan fingerprint density at radius 3 is 1.97 bits per heavy atom. The lowest BCUT2D eigenvalue weighted by atomic mass is 9.77. The van der Waals surface area contributed by atoms with Crippen LogP contribution in [-0.2, 0) is 12.8 Å². The number of aryl methyl sites for hydroxylation is 1. The Morgan fingerprint density at radius 1 is 0.710 bits per heavy atom. The molecule has 1 aliphatic rings. The molecule has 1 unspecified atom stereocenters. The Hall–Kier alpha value is -1.56. The van der Waals surface area contributed by atoms with E-state index in [0.29, 0.717) is 5.92 Å². The quantitative estimate of drug-likeness (QED) is 0.301. The summed E-state index contributed by atoms with van der Waals surface area (Å²) in [5.41, 5.74) is 6.04. The molecule has 3 rings (SSSR count). The standard InChI is InChI=1S/C31H46/c1-4-6-8-10-26-12-18-29(19-13-26)25(3)24-28-16-22-31(23-17-28)30-20-14-27(15-21-30)11-9-7-5-2/h12-13,16-19,22-23,25,27,30H,4-11,14-15,20-21,24H2,1-3H3. The van der Waals surface area contributed by atoms with Crippen molar-refractivity contribution in [1.29, 1.82) is 0 Å². The molecule has 0 spiro atoms.